The van der Waals surface area contributed by atoms with E-state index in [0.29, 0.717) is 61.8 Å². The van der Waals surface area contributed by atoms with Crippen LogP contribution in [0.3, 0.4) is 0 Å². The van der Waals surface area contributed by atoms with E-state index < -0.39 is 5.41 Å². The first-order valence-corrected chi connectivity index (χ1v) is 13.3. The minimum Gasteiger partial charge on any atom is -0.489 e. The minimum absolute atomic E-state index is 0.0646. The van der Waals surface area contributed by atoms with E-state index in [2.05, 4.69) is 16.0 Å². The third kappa shape index (κ3) is 6.51. The van der Waals surface area contributed by atoms with Crippen molar-refractivity contribution in [1.82, 2.24) is 20.9 Å². The lowest BCUT2D eigenvalue weighted by molar-refractivity contribution is -0.136. The molecule has 1 unspecified atom stereocenters. The molecule has 0 aliphatic carbocycles. The van der Waals surface area contributed by atoms with E-state index in [0.717, 1.165) is 18.5 Å². The van der Waals surface area contributed by atoms with Gasteiger partial charge >= 0.3 is 0 Å². The third-order valence-corrected chi connectivity index (χ3v) is 7.27. The molecule has 3 heterocycles. The second-order valence-electron chi connectivity index (χ2n) is 10.1. The van der Waals surface area contributed by atoms with Crippen LogP contribution in [0.2, 0.25) is 0 Å². The molecule has 1 spiro atoms. The Morgan fingerprint density at radius 1 is 0.974 bits per heavy atom. The van der Waals surface area contributed by atoms with Gasteiger partial charge in [-0.15, -0.1) is 0 Å². The molecule has 3 aliphatic rings. The molecule has 1 atom stereocenters. The minimum atomic E-state index is -0.668. The van der Waals surface area contributed by atoms with E-state index in [-0.39, 0.29) is 37.7 Å². The molecular formula is C29H34N4O6. The Kier molecular flexibility index (Phi) is 8.31. The summed E-state index contributed by atoms with van der Waals surface area (Å²) in [6, 6.07) is 12.7. The summed E-state index contributed by atoms with van der Waals surface area (Å²) in [5, 5.41) is 8.84. The average Bonchev–Trinajstić information content (AvgIpc) is 3.42. The van der Waals surface area contributed by atoms with E-state index >= 15 is 0 Å². The molecule has 1 saturated heterocycles. The van der Waals surface area contributed by atoms with Crippen molar-refractivity contribution in [1.29, 1.82) is 0 Å². The van der Waals surface area contributed by atoms with Crippen molar-refractivity contribution in [3.05, 3.63) is 65.7 Å². The number of benzene rings is 2. The fourth-order valence-corrected chi connectivity index (χ4v) is 5.25. The first-order valence-electron chi connectivity index (χ1n) is 13.3. The van der Waals surface area contributed by atoms with Crippen LogP contribution < -0.4 is 30.2 Å². The van der Waals surface area contributed by atoms with Crippen LogP contribution in [0.4, 0.5) is 0 Å². The van der Waals surface area contributed by atoms with Crippen molar-refractivity contribution >= 4 is 17.7 Å². The van der Waals surface area contributed by atoms with Gasteiger partial charge in [0.1, 0.15) is 12.4 Å². The molecule has 2 aromatic carbocycles. The topological polar surface area (TPSA) is 118 Å². The molecule has 0 saturated carbocycles. The molecule has 0 radical (unpaired) electrons. The predicted octanol–water partition coefficient (Wildman–Crippen LogP) is 2.00. The molecule has 3 N–H and O–H groups in total. The second kappa shape index (κ2) is 12.2. The zero-order valence-electron chi connectivity index (χ0n) is 21.9. The van der Waals surface area contributed by atoms with Gasteiger partial charge in [-0.2, -0.15) is 0 Å². The summed E-state index contributed by atoms with van der Waals surface area (Å²) in [6.07, 6.45) is 5.90. The van der Waals surface area contributed by atoms with Gasteiger partial charge in [0.25, 0.3) is 5.91 Å². The Labute approximate surface area is 227 Å². The summed E-state index contributed by atoms with van der Waals surface area (Å²) in [7, 11) is 0. The van der Waals surface area contributed by atoms with Crippen molar-refractivity contribution in [2.24, 2.45) is 5.41 Å². The number of piperidine rings is 1. The average molecular weight is 535 g/mol. The predicted molar refractivity (Wildman–Crippen MR) is 144 cm³/mol. The molecule has 2 aromatic rings. The molecule has 5 rings (SSSR count). The Balaban J connectivity index is 1.20. The van der Waals surface area contributed by atoms with E-state index in [1.807, 2.05) is 41.3 Å². The summed E-state index contributed by atoms with van der Waals surface area (Å²) in [4.78, 5) is 40.9. The standard InChI is InChI=1S/C29H34N4O6/c34-26(32-17-21-8-9-24-25(16-21)39-20-38-24)18-33-14-5-11-29(19-33)10-3-4-15-37-23-7-2-1-6-22(23)27(35)30-12-13-31-28(29)36/h1-4,6-9,16H,5,10-15,17-20H2,(H,30,35)(H,31,36)(H,32,34)/b4-3-. The van der Waals surface area contributed by atoms with Crippen LogP contribution >= 0.6 is 0 Å². The first kappa shape index (κ1) is 26.6. The Morgan fingerprint density at radius 3 is 2.74 bits per heavy atom. The Bertz CT molecular complexity index is 1250. The summed E-state index contributed by atoms with van der Waals surface area (Å²) >= 11 is 0. The number of para-hydroxylation sites is 1. The number of fused-ring (bicyclic) bond motifs is 2. The van der Waals surface area contributed by atoms with Crippen molar-refractivity contribution in [2.45, 2.75) is 25.8 Å². The van der Waals surface area contributed by atoms with Crippen molar-refractivity contribution < 1.29 is 28.6 Å². The second-order valence-corrected chi connectivity index (χ2v) is 10.1. The number of allylic oxidation sites excluding steroid dienone is 1. The van der Waals surface area contributed by atoms with Crippen molar-refractivity contribution in [2.75, 3.05) is 46.1 Å². The zero-order chi connectivity index (χ0) is 27.1. The van der Waals surface area contributed by atoms with Gasteiger partial charge in [0.15, 0.2) is 11.5 Å². The van der Waals surface area contributed by atoms with E-state index in [9.17, 15) is 14.4 Å². The summed E-state index contributed by atoms with van der Waals surface area (Å²) in [5.74, 6) is 1.50. The smallest absolute Gasteiger partial charge is 0.255 e. The van der Waals surface area contributed by atoms with Crippen molar-refractivity contribution in [3.63, 3.8) is 0 Å². The summed E-state index contributed by atoms with van der Waals surface area (Å²) < 4.78 is 16.6. The normalized spacial score (nSPS) is 22.6. The number of nitrogens with zero attached hydrogens (tertiary/aromatic N) is 1. The largest absolute Gasteiger partial charge is 0.489 e. The highest BCUT2D eigenvalue weighted by molar-refractivity contribution is 5.97. The highest BCUT2D eigenvalue weighted by Crippen LogP contribution is 2.35. The number of nitrogens with one attached hydrogen (secondary N) is 3. The molecule has 206 valence electrons. The molecule has 0 aromatic heterocycles. The fourth-order valence-electron chi connectivity index (χ4n) is 5.25. The molecule has 3 amide bonds. The van der Waals surface area contributed by atoms with Gasteiger partial charge < -0.3 is 30.2 Å². The van der Waals surface area contributed by atoms with Gasteiger partial charge in [-0.3, -0.25) is 19.3 Å². The zero-order valence-corrected chi connectivity index (χ0v) is 21.9. The number of rotatable bonds is 4. The number of carbonyl (C=O) groups is 3. The molecule has 1 fully saturated rings. The lowest BCUT2D eigenvalue weighted by atomic mass is 9.76. The lowest BCUT2D eigenvalue weighted by Gasteiger charge is -2.41. The van der Waals surface area contributed by atoms with Gasteiger partial charge in [0.05, 0.1) is 17.5 Å². The maximum absolute atomic E-state index is 13.4. The number of ether oxygens (including phenoxy) is 3. The van der Waals surface area contributed by atoms with Crippen LogP contribution in [0.1, 0.15) is 35.2 Å². The van der Waals surface area contributed by atoms with Crippen LogP contribution in [0.25, 0.3) is 0 Å². The van der Waals surface area contributed by atoms with Gasteiger partial charge in [0.2, 0.25) is 18.6 Å². The van der Waals surface area contributed by atoms with E-state index in [1.54, 1.807) is 18.2 Å². The maximum atomic E-state index is 13.4. The van der Waals surface area contributed by atoms with E-state index in [4.69, 9.17) is 14.2 Å². The number of carbonyl (C=O) groups excluding carboxylic acids is 3. The molecular weight excluding hydrogens is 500 g/mol. The molecule has 10 heteroatoms. The number of amides is 3. The SMILES string of the molecule is O=C(CN1CCCC2(C/C=C\COc3ccccc3C(=O)NCCNC2=O)C1)NCc1ccc2c(c1)OCO2. The molecule has 0 bridgehead atoms. The number of hydrogen-bond acceptors (Lipinski definition) is 7. The Morgan fingerprint density at radius 2 is 1.82 bits per heavy atom. The van der Waals surface area contributed by atoms with E-state index in [1.165, 1.54) is 0 Å². The van der Waals surface area contributed by atoms with Gasteiger partial charge in [-0.25, -0.2) is 0 Å². The van der Waals surface area contributed by atoms with Crippen LogP contribution in [0.15, 0.2) is 54.6 Å². The fraction of sp³-hybridized carbons (Fsp3) is 0.414. The van der Waals surface area contributed by atoms with Gasteiger partial charge in [-0.05, 0) is 55.6 Å². The highest BCUT2D eigenvalue weighted by Gasteiger charge is 2.41. The first-order chi connectivity index (χ1) is 19.0. The van der Waals surface area contributed by atoms with Gasteiger partial charge in [0, 0.05) is 26.2 Å². The van der Waals surface area contributed by atoms with Gasteiger partial charge in [-0.1, -0.05) is 30.4 Å². The maximum Gasteiger partial charge on any atom is 0.255 e. The summed E-state index contributed by atoms with van der Waals surface area (Å²) in [6.45, 7) is 2.91. The van der Waals surface area contributed by atoms with Crippen LogP contribution in [0.5, 0.6) is 17.2 Å². The highest BCUT2D eigenvalue weighted by atomic mass is 16.7. The number of likely N-dealkylation sites (tertiary alicyclic amines) is 1. The van der Waals surface area contributed by atoms with Crippen LogP contribution in [-0.4, -0.2) is 68.7 Å². The molecule has 3 aliphatic heterocycles. The summed E-state index contributed by atoms with van der Waals surface area (Å²) in [5.41, 5.74) is 0.721. The van der Waals surface area contributed by atoms with Crippen molar-refractivity contribution in [3.8, 4) is 17.2 Å². The molecule has 10 nitrogen and oxygen atoms in total. The van der Waals surface area contributed by atoms with Crippen LogP contribution in [-0.2, 0) is 16.1 Å². The monoisotopic (exact) mass is 534 g/mol. The number of hydrogen-bond donors (Lipinski definition) is 3. The quantitative estimate of drug-likeness (QED) is 0.514. The Hall–Kier alpha value is -4.05. The lowest BCUT2D eigenvalue weighted by Crippen LogP contribution is -2.54. The third-order valence-electron chi connectivity index (χ3n) is 7.27. The molecule has 39 heavy (non-hydrogen) atoms. The van der Waals surface area contributed by atoms with Crippen LogP contribution in [0, 0.1) is 5.41 Å².